The van der Waals surface area contributed by atoms with Gasteiger partial charge in [-0.05, 0) is 56.4 Å². The molecule has 0 bridgehead atoms. The molecule has 1 aliphatic rings. The van der Waals surface area contributed by atoms with Crippen LogP contribution in [0.2, 0.25) is 0 Å². The fraction of sp³-hybridized carbons (Fsp3) is 0.476. The maximum Gasteiger partial charge on any atom is 0.251 e. The van der Waals surface area contributed by atoms with E-state index in [0.29, 0.717) is 22.8 Å². The lowest BCUT2D eigenvalue weighted by molar-refractivity contribution is 0.0907. The van der Waals surface area contributed by atoms with Crippen molar-refractivity contribution < 1.29 is 19.0 Å². The van der Waals surface area contributed by atoms with Crippen molar-refractivity contribution in [1.82, 2.24) is 10.2 Å². The number of carbonyl (C=O) groups is 1. The van der Waals surface area contributed by atoms with E-state index in [0.717, 1.165) is 13.1 Å². The lowest BCUT2D eigenvalue weighted by Gasteiger charge is -2.32. The molecule has 2 heterocycles. The first-order valence-electron chi connectivity index (χ1n) is 9.47. The number of ether oxygens (including phenoxy) is 3. The highest BCUT2D eigenvalue weighted by atomic mass is 32.1. The van der Waals surface area contributed by atoms with Gasteiger partial charge in [-0.25, -0.2) is 0 Å². The minimum Gasteiger partial charge on any atom is -0.493 e. The van der Waals surface area contributed by atoms with Crippen LogP contribution in [0.3, 0.4) is 0 Å². The Morgan fingerprint density at radius 2 is 1.75 bits per heavy atom. The van der Waals surface area contributed by atoms with Gasteiger partial charge in [0.1, 0.15) is 0 Å². The van der Waals surface area contributed by atoms with Crippen molar-refractivity contribution in [3.8, 4) is 17.2 Å². The summed E-state index contributed by atoms with van der Waals surface area (Å²) in [4.78, 5) is 16.7. The van der Waals surface area contributed by atoms with E-state index < -0.39 is 0 Å². The third-order valence-corrected chi connectivity index (χ3v) is 6.07. The Kier molecular flexibility index (Phi) is 6.80. The Morgan fingerprint density at radius 1 is 1.11 bits per heavy atom. The molecule has 0 aliphatic carbocycles. The van der Waals surface area contributed by atoms with Crippen LogP contribution in [0.25, 0.3) is 0 Å². The molecule has 2 aromatic rings. The molecule has 2 atom stereocenters. The number of benzene rings is 1. The van der Waals surface area contributed by atoms with Crippen molar-refractivity contribution in [3.63, 3.8) is 0 Å². The molecule has 1 aromatic heterocycles. The van der Waals surface area contributed by atoms with Gasteiger partial charge in [0, 0.05) is 16.5 Å². The molecule has 152 valence electrons. The highest BCUT2D eigenvalue weighted by Crippen LogP contribution is 2.38. The van der Waals surface area contributed by atoms with E-state index in [1.807, 2.05) is 0 Å². The number of likely N-dealkylation sites (tertiary alicyclic amines) is 1. The van der Waals surface area contributed by atoms with Crippen molar-refractivity contribution in [2.75, 3.05) is 34.4 Å². The first kappa shape index (κ1) is 20.5. The second kappa shape index (κ2) is 9.30. The lowest BCUT2D eigenvalue weighted by atomic mass is 10.1. The van der Waals surface area contributed by atoms with E-state index in [2.05, 4.69) is 34.7 Å². The Balaban J connectivity index is 1.82. The number of methoxy groups -OCH3 is 3. The van der Waals surface area contributed by atoms with Gasteiger partial charge in [-0.3, -0.25) is 9.69 Å². The van der Waals surface area contributed by atoms with Gasteiger partial charge in [0.15, 0.2) is 11.5 Å². The molecule has 1 fully saturated rings. The van der Waals surface area contributed by atoms with Gasteiger partial charge >= 0.3 is 0 Å². The molecule has 1 aromatic carbocycles. The summed E-state index contributed by atoms with van der Waals surface area (Å²) in [6, 6.07) is 7.71. The maximum absolute atomic E-state index is 13.0. The Bertz CT molecular complexity index is 763. The van der Waals surface area contributed by atoms with Crippen LogP contribution < -0.4 is 19.5 Å². The molecule has 0 saturated carbocycles. The smallest absolute Gasteiger partial charge is 0.251 e. The van der Waals surface area contributed by atoms with Crippen LogP contribution >= 0.6 is 11.3 Å². The maximum atomic E-state index is 13.0. The first-order valence-corrected chi connectivity index (χ1v) is 10.3. The van der Waals surface area contributed by atoms with Gasteiger partial charge < -0.3 is 19.5 Å². The van der Waals surface area contributed by atoms with Gasteiger partial charge in [0.25, 0.3) is 5.91 Å². The number of rotatable bonds is 8. The fourth-order valence-electron chi connectivity index (χ4n) is 3.80. The zero-order valence-electron chi connectivity index (χ0n) is 16.9. The molecule has 3 rings (SSSR count). The van der Waals surface area contributed by atoms with Crippen molar-refractivity contribution in [2.24, 2.45) is 0 Å². The van der Waals surface area contributed by atoms with E-state index >= 15 is 0 Å². The van der Waals surface area contributed by atoms with Crippen LogP contribution in [-0.4, -0.2) is 51.3 Å². The van der Waals surface area contributed by atoms with Crippen molar-refractivity contribution >= 4 is 17.2 Å². The topological polar surface area (TPSA) is 60.0 Å². The lowest BCUT2D eigenvalue weighted by Crippen LogP contribution is -2.43. The fourth-order valence-corrected chi connectivity index (χ4v) is 4.77. The summed E-state index contributed by atoms with van der Waals surface area (Å²) in [5.74, 6) is 1.25. The van der Waals surface area contributed by atoms with Gasteiger partial charge in [-0.1, -0.05) is 6.07 Å². The van der Waals surface area contributed by atoms with Crippen LogP contribution in [0, 0.1) is 0 Å². The zero-order valence-corrected chi connectivity index (χ0v) is 17.7. The van der Waals surface area contributed by atoms with Crippen molar-refractivity contribution in [3.05, 3.63) is 40.1 Å². The van der Waals surface area contributed by atoms with E-state index in [1.165, 1.54) is 17.7 Å². The molecule has 0 unspecified atom stereocenters. The molecule has 7 heteroatoms. The Labute approximate surface area is 170 Å². The van der Waals surface area contributed by atoms with E-state index in [1.54, 1.807) is 44.8 Å². The summed E-state index contributed by atoms with van der Waals surface area (Å²) < 4.78 is 16.1. The van der Waals surface area contributed by atoms with Crippen molar-refractivity contribution in [2.45, 2.75) is 31.8 Å². The second-order valence-electron chi connectivity index (χ2n) is 6.88. The third kappa shape index (κ3) is 4.25. The summed E-state index contributed by atoms with van der Waals surface area (Å²) in [5, 5.41) is 5.27. The van der Waals surface area contributed by atoms with Crippen LogP contribution in [0.4, 0.5) is 0 Å². The van der Waals surface area contributed by atoms with Crippen LogP contribution in [0.5, 0.6) is 17.2 Å². The highest BCUT2D eigenvalue weighted by molar-refractivity contribution is 7.10. The number of hydrogen-bond acceptors (Lipinski definition) is 6. The van der Waals surface area contributed by atoms with Gasteiger partial charge in [0.2, 0.25) is 5.75 Å². The summed E-state index contributed by atoms with van der Waals surface area (Å²) in [7, 11) is 4.63. The average Bonchev–Trinajstić information content (AvgIpc) is 3.41. The molecule has 1 amide bonds. The molecular formula is C21H28N2O4S. The quantitative estimate of drug-likeness (QED) is 0.726. The van der Waals surface area contributed by atoms with Gasteiger partial charge in [0.05, 0.1) is 27.4 Å². The summed E-state index contributed by atoms with van der Waals surface area (Å²) >= 11 is 1.74. The van der Waals surface area contributed by atoms with E-state index in [9.17, 15) is 4.79 Å². The Hall–Kier alpha value is -2.25. The molecule has 1 N–H and O–H groups in total. The summed E-state index contributed by atoms with van der Waals surface area (Å²) in [6.07, 6.45) is 2.41. The normalized spacial score (nSPS) is 16.4. The number of hydrogen-bond donors (Lipinski definition) is 1. The average molecular weight is 405 g/mol. The van der Waals surface area contributed by atoms with Crippen LogP contribution in [0.15, 0.2) is 29.6 Å². The molecule has 0 spiro atoms. The number of amides is 1. The van der Waals surface area contributed by atoms with Crippen molar-refractivity contribution in [1.29, 1.82) is 0 Å². The highest BCUT2D eigenvalue weighted by Gasteiger charge is 2.30. The van der Waals surface area contributed by atoms with E-state index in [-0.39, 0.29) is 18.0 Å². The molecular weight excluding hydrogens is 376 g/mol. The molecule has 6 nitrogen and oxygen atoms in total. The molecule has 1 aliphatic heterocycles. The first-order chi connectivity index (χ1) is 13.6. The number of nitrogens with one attached hydrogen (secondary N) is 1. The third-order valence-electron chi connectivity index (χ3n) is 5.13. The largest absolute Gasteiger partial charge is 0.493 e. The zero-order chi connectivity index (χ0) is 20.1. The number of carbonyl (C=O) groups excluding carboxylic acids is 1. The standard InChI is InChI=1S/C21H28N2O4S/c1-14(19(18-8-7-11-28-18)23-9-5-6-10-23)22-21(24)15-12-16(25-2)20(27-4)17(13-15)26-3/h7-8,11-14,19H,5-6,9-10H2,1-4H3,(H,22,24)/t14-,19-/m0/s1. The minimum absolute atomic E-state index is 0.0386. The predicted molar refractivity (Wildman–Crippen MR) is 111 cm³/mol. The van der Waals surface area contributed by atoms with Gasteiger partial charge in [-0.15, -0.1) is 11.3 Å². The summed E-state index contributed by atoms with van der Waals surface area (Å²) in [6.45, 7) is 4.19. The van der Waals surface area contributed by atoms with E-state index in [4.69, 9.17) is 14.2 Å². The monoisotopic (exact) mass is 404 g/mol. The minimum atomic E-state index is -0.160. The Morgan fingerprint density at radius 3 is 2.25 bits per heavy atom. The van der Waals surface area contributed by atoms with Gasteiger partial charge in [-0.2, -0.15) is 0 Å². The molecule has 28 heavy (non-hydrogen) atoms. The number of nitrogens with zero attached hydrogens (tertiary/aromatic N) is 1. The molecule has 1 saturated heterocycles. The molecule has 0 radical (unpaired) electrons. The van der Waals surface area contributed by atoms with Crippen LogP contribution in [0.1, 0.15) is 41.0 Å². The van der Waals surface area contributed by atoms with Crippen LogP contribution in [-0.2, 0) is 0 Å². The second-order valence-corrected chi connectivity index (χ2v) is 7.86. The summed E-state index contributed by atoms with van der Waals surface area (Å²) in [5.41, 5.74) is 0.479. The predicted octanol–water partition coefficient (Wildman–Crippen LogP) is 3.73. The SMILES string of the molecule is COc1cc(C(=O)N[C@@H](C)[C@@H](c2cccs2)N2CCCC2)cc(OC)c1OC. The number of thiophene rings is 1.